The molecule has 4 aliphatic carbocycles. The van der Waals surface area contributed by atoms with Gasteiger partial charge in [0.15, 0.2) is 0 Å². The topological polar surface area (TPSA) is 116 Å². The first-order valence-corrected chi connectivity index (χ1v) is 16.5. The molecular weight excluding hydrogens is 508 g/mol. The zero-order valence-electron chi connectivity index (χ0n) is 24.4. The van der Waals surface area contributed by atoms with Crippen molar-refractivity contribution in [2.45, 2.75) is 121 Å². The fourth-order valence-electron chi connectivity index (χ4n) is 9.24. The molecule has 1 spiro atoms. The summed E-state index contributed by atoms with van der Waals surface area (Å²) in [5, 5.41) is 19.9. The van der Waals surface area contributed by atoms with Gasteiger partial charge in [-0.15, -0.1) is 0 Å². The van der Waals surface area contributed by atoms with Crippen LogP contribution in [-0.2, 0) is 19.2 Å². The minimum atomic E-state index is -0.807. The number of carboxylic acids is 2. The highest BCUT2D eigenvalue weighted by Gasteiger charge is 2.69. The zero-order valence-corrected chi connectivity index (χ0v) is 24.4. The lowest BCUT2D eigenvalue weighted by Gasteiger charge is -2.39. The van der Waals surface area contributed by atoms with E-state index in [1.54, 1.807) is 0 Å². The number of hydrogen-bond donors (Lipinski definition) is 3. The third kappa shape index (κ3) is 6.53. The largest absolute Gasteiger partial charge is 0.481 e. The summed E-state index contributed by atoms with van der Waals surface area (Å²) >= 11 is 0. The Bertz CT molecular complexity index is 885. The highest BCUT2D eigenvalue weighted by Crippen LogP contribution is 2.54. The Morgan fingerprint density at radius 1 is 0.800 bits per heavy atom. The van der Waals surface area contributed by atoms with E-state index in [4.69, 9.17) is 4.84 Å². The molecule has 1 amide bonds. The van der Waals surface area contributed by atoms with Gasteiger partial charge in [-0.05, 0) is 81.0 Å². The van der Waals surface area contributed by atoms with Gasteiger partial charge in [-0.3, -0.25) is 14.4 Å². The number of hydrogen-bond acceptors (Lipinski definition) is 5. The third-order valence-electron chi connectivity index (χ3n) is 11.7. The van der Waals surface area contributed by atoms with E-state index in [9.17, 15) is 24.6 Å². The van der Waals surface area contributed by atoms with E-state index in [1.165, 1.54) is 64.2 Å². The molecule has 0 aromatic rings. The molecule has 40 heavy (non-hydrogen) atoms. The molecule has 0 aromatic heterocycles. The summed E-state index contributed by atoms with van der Waals surface area (Å²) < 4.78 is 0. The Labute approximate surface area is 239 Å². The highest BCUT2D eigenvalue weighted by molar-refractivity contribution is 6.06. The van der Waals surface area contributed by atoms with Crippen LogP contribution in [-0.4, -0.2) is 58.2 Å². The monoisotopic (exact) mass is 560 g/mol. The molecule has 6 atom stereocenters. The maximum atomic E-state index is 12.9. The number of carboxylic acid groups (broad SMARTS) is 2. The van der Waals surface area contributed by atoms with Crippen LogP contribution in [0.1, 0.15) is 116 Å². The van der Waals surface area contributed by atoms with Crippen molar-refractivity contribution in [2.24, 2.45) is 41.4 Å². The van der Waals surface area contributed by atoms with Crippen LogP contribution < -0.4 is 5.48 Å². The molecule has 1 heterocycles. The predicted molar refractivity (Wildman–Crippen MR) is 151 cm³/mol. The molecule has 8 heteroatoms. The second kappa shape index (κ2) is 13.5. The van der Waals surface area contributed by atoms with Gasteiger partial charge in [-0.25, -0.2) is 5.48 Å². The SMILES string of the molecule is O=C(O)C1CC(C2CCCCC2)CCC1CONCCCCN1C(=O)C12CCC(C1CCCCC1)CC2C(=O)O. The summed E-state index contributed by atoms with van der Waals surface area (Å²) in [5.74, 6) is 0.0633. The third-order valence-corrected chi connectivity index (χ3v) is 11.7. The zero-order chi connectivity index (χ0) is 28.1. The van der Waals surface area contributed by atoms with E-state index < -0.39 is 23.4 Å². The van der Waals surface area contributed by atoms with E-state index in [-0.39, 0.29) is 17.7 Å². The van der Waals surface area contributed by atoms with Crippen molar-refractivity contribution in [3.05, 3.63) is 0 Å². The predicted octanol–water partition coefficient (Wildman–Crippen LogP) is 5.65. The van der Waals surface area contributed by atoms with Crippen LogP contribution >= 0.6 is 0 Å². The molecule has 226 valence electrons. The lowest BCUT2D eigenvalue weighted by atomic mass is 9.66. The molecule has 5 fully saturated rings. The van der Waals surface area contributed by atoms with Crippen molar-refractivity contribution in [3.8, 4) is 0 Å². The van der Waals surface area contributed by atoms with Crippen LogP contribution in [0, 0.1) is 41.4 Å². The van der Waals surface area contributed by atoms with Crippen molar-refractivity contribution < 1.29 is 29.4 Å². The normalized spacial score (nSPS) is 35.6. The number of unbranched alkanes of at least 4 members (excludes halogenated alkanes) is 1. The smallest absolute Gasteiger partial charge is 0.309 e. The van der Waals surface area contributed by atoms with Gasteiger partial charge in [0.2, 0.25) is 5.91 Å². The summed E-state index contributed by atoms with van der Waals surface area (Å²) in [6.07, 6.45) is 19.5. The second-order valence-corrected chi connectivity index (χ2v) is 13.8. The van der Waals surface area contributed by atoms with Gasteiger partial charge in [-0.1, -0.05) is 64.2 Å². The Kier molecular flexibility index (Phi) is 10.1. The van der Waals surface area contributed by atoms with Gasteiger partial charge in [0.25, 0.3) is 0 Å². The molecule has 0 bridgehead atoms. The van der Waals surface area contributed by atoms with Crippen molar-refractivity contribution in [1.29, 1.82) is 0 Å². The first-order valence-electron chi connectivity index (χ1n) is 16.5. The summed E-state index contributed by atoms with van der Waals surface area (Å²) in [7, 11) is 0. The highest BCUT2D eigenvalue weighted by atomic mass is 16.6. The molecule has 0 aromatic carbocycles. The number of carbonyl (C=O) groups excluding carboxylic acids is 1. The average molecular weight is 561 g/mol. The van der Waals surface area contributed by atoms with Crippen molar-refractivity contribution in [3.63, 3.8) is 0 Å². The fourth-order valence-corrected chi connectivity index (χ4v) is 9.24. The molecule has 5 rings (SSSR count). The molecule has 6 unspecified atom stereocenters. The van der Waals surface area contributed by atoms with Gasteiger partial charge < -0.3 is 20.0 Å². The van der Waals surface area contributed by atoms with Crippen LogP contribution in [0.4, 0.5) is 0 Å². The minimum absolute atomic E-state index is 0.0368. The Balaban J connectivity index is 0.995. The Morgan fingerprint density at radius 3 is 2.08 bits per heavy atom. The summed E-state index contributed by atoms with van der Waals surface area (Å²) in [6.45, 7) is 1.66. The van der Waals surface area contributed by atoms with Crippen LogP contribution in [0.5, 0.6) is 0 Å². The van der Waals surface area contributed by atoms with Gasteiger partial charge >= 0.3 is 11.9 Å². The molecular formula is C32H52N2O6. The number of aliphatic carboxylic acids is 2. The first-order chi connectivity index (χ1) is 19.4. The van der Waals surface area contributed by atoms with Crippen LogP contribution in [0.3, 0.4) is 0 Å². The van der Waals surface area contributed by atoms with E-state index >= 15 is 0 Å². The number of hydroxylamine groups is 1. The number of carbonyl (C=O) groups is 3. The van der Waals surface area contributed by atoms with E-state index in [0.29, 0.717) is 56.2 Å². The van der Waals surface area contributed by atoms with E-state index in [1.807, 2.05) is 4.90 Å². The van der Waals surface area contributed by atoms with Crippen molar-refractivity contribution in [1.82, 2.24) is 10.4 Å². The number of rotatable bonds is 12. The molecule has 3 N–H and O–H groups in total. The molecule has 4 saturated carbocycles. The number of amides is 1. The number of nitrogens with zero attached hydrogens (tertiary/aromatic N) is 1. The first kappa shape index (κ1) is 29.8. The van der Waals surface area contributed by atoms with Crippen molar-refractivity contribution >= 4 is 17.8 Å². The molecule has 0 radical (unpaired) electrons. The number of nitrogens with one attached hydrogen (secondary N) is 1. The van der Waals surface area contributed by atoms with Crippen LogP contribution in [0.15, 0.2) is 0 Å². The van der Waals surface area contributed by atoms with Gasteiger partial charge in [-0.2, -0.15) is 0 Å². The van der Waals surface area contributed by atoms with E-state index in [0.717, 1.165) is 38.5 Å². The molecule has 8 nitrogen and oxygen atoms in total. The average Bonchev–Trinajstić information content (AvgIpc) is 3.53. The maximum absolute atomic E-state index is 12.9. The Morgan fingerprint density at radius 2 is 1.45 bits per heavy atom. The Hall–Kier alpha value is -1.67. The fraction of sp³-hybridized carbons (Fsp3) is 0.906. The van der Waals surface area contributed by atoms with Crippen LogP contribution in [0.2, 0.25) is 0 Å². The van der Waals surface area contributed by atoms with Gasteiger partial charge in [0.1, 0.15) is 5.54 Å². The van der Waals surface area contributed by atoms with Gasteiger partial charge in [0, 0.05) is 13.1 Å². The molecule has 5 aliphatic rings. The standard InChI is InChI=1S/C32H52N2O6/c35-29(36)27-19-24(22-9-3-1-4-10-22)13-14-26(27)21-40-33-17-7-8-18-34-31(39)32(34)16-15-25(20-28(32)30(37)38)23-11-5-2-6-12-23/h22-28,33H,1-21H2,(H,35,36)(H,37,38). The molecule has 1 saturated heterocycles. The van der Waals surface area contributed by atoms with Crippen molar-refractivity contribution in [2.75, 3.05) is 19.7 Å². The lowest BCUT2D eigenvalue weighted by molar-refractivity contribution is -0.148. The minimum Gasteiger partial charge on any atom is -0.481 e. The summed E-state index contributed by atoms with van der Waals surface area (Å²) in [4.78, 5) is 44.7. The summed E-state index contributed by atoms with van der Waals surface area (Å²) in [6, 6.07) is 0. The van der Waals surface area contributed by atoms with E-state index in [2.05, 4.69) is 5.48 Å². The second-order valence-electron chi connectivity index (χ2n) is 13.8. The lowest BCUT2D eigenvalue weighted by Crippen LogP contribution is -2.43. The maximum Gasteiger partial charge on any atom is 0.309 e. The van der Waals surface area contributed by atoms with Gasteiger partial charge in [0.05, 0.1) is 18.4 Å². The molecule has 1 aliphatic heterocycles. The quantitative estimate of drug-likeness (QED) is 0.161. The summed E-state index contributed by atoms with van der Waals surface area (Å²) in [5.41, 5.74) is 2.26. The van der Waals surface area contributed by atoms with Crippen LogP contribution in [0.25, 0.3) is 0 Å².